The fraction of sp³-hybridized carbons (Fsp3) is 0.500. The summed E-state index contributed by atoms with van der Waals surface area (Å²) >= 11 is 0. The van der Waals surface area contributed by atoms with Crippen molar-refractivity contribution in [3.05, 3.63) is 0 Å². The van der Waals surface area contributed by atoms with E-state index in [1.54, 1.807) is 0 Å². The SMILES string of the molecule is NCC#CCN. The highest BCUT2D eigenvalue weighted by molar-refractivity contribution is 5.00. The molecule has 6 heavy (non-hydrogen) atoms. The monoisotopic (exact) mass is 84.1 g/mol. The van der Waals surface area contributed by atoms with Crippen LogP contribution in [-0.4, -0.2) is 13.1 Å². The highest BCUT2D eigenvalue weighted by Crippen LogP contribution is 1.41. The second-order valence-electron chi connectivity index (χ2n) is 0.762. The molecule has 0 aromatic carbocycles. The second kappa shape index (κ2) is 4.48. The van der Waals surface area contributed by atoms with E-state index in [2.05, 4.69) is 11.8 Å². The Morgan fingerprint density at radius 2 is 1.33 bits per heavy atom. The lowest BCUT2D eigenvalue weighted by Crippen LogP contribution is -1.97. The molecule has 4 N–H and O–H groups in total. The molecule has 0 aliphatic heterocycles. The molecule has 0 unspecified atom stereocenters. The zero-order valence-electron chi connectivity index (χ0n) is 3.57. The molecule has 34 valence electrons. The first-order valence-corrected chi connectivity index (χ1v) is 1.77. The quantitative estimate of drug-likeness (QED) is 0.366. The Hall–Kier alpha value is -0.520. The van der Waals surface area contributed by atoms with E-state index in [4.69, 9.17) is 11.5 Å². The fourth-order valence-electron chi connectivity index (χ4n) is 0.144. The maximum Gasteiger partial charge on any atom is 0.0551 e. The van der Waals surface area contributed by atoms with Gasteiger partial charge >= 0.3 is 0 Å². The van der Waals surface area contributed by atoms with Gasteiger partial charge in [0.2, 0.25) is 0 Å². The summed E-state index contributed by atoms with van der Waals surface area (Å²) in [6.45, 7) is 0.828. The molecule has 0 heterocycles. The van der Waals surface area contributed by atoms with E-state index < -0.39 is 0 Å². The number of hydrogen-bond acceptors (Lipinski definition) is 2. The predicted molar refractivity (Wildman–Crippen MR) is 25.9 cm³/mol. The van der Waals surface area contributed by atoms with Crippen molar-refractivity contribution in [1.82, 2.24) is 0 Å². The first kappa shape index (κ1) is 5.48. The summed E-state index contributed by atoms with van der Waals surface area (Å²) in [4.78, 5) is 0. The first-order valence-electron chi connectivity index (χ1n) is 1.77. The van der Waals surface area contributed by atoms with Crippen LogP contribution in [0.5, 0.6) is 0 Å². The average Bonchev–Trinajstić information content (AvgIpc) is 1.61. The minimum absolute atomic E-state index is 0.414. The van der Waals surface area contributed by atoms with Crippen LogP contribution in [0.15, 0.2) is 0 Å². The van der Waals surface area contributed by atoms with Crippen molar-refractivity contribution in [3.63, 3.8) is 0 Å². The van der Waals surface area contributed by atoms with E-state index in [9.17, 15) is 0 Å². The molecule has 0 radical (unpaired) electrons. The minimum Gasteiger partial charge on any atom is -0.320 e. The summed E-state index contributed by atoms with van der Waals surface area (Å²) < 4.78 is 0. The largest absolute Gasteiger partial charge is 0.320 e. The van der Waals surface area contributed by atoms with Crippen LogP contribution in [-0.2, 0) is 0 Å². The summed E-state index contributed by atoms with van der Waals surface area (Å²) in [5, 5.41) is 0. The van der Waals surface area contributed by atoms with Gasteiger partial charge in [-0.25, -0.2) is 0 Å². The van der Waals surface area contributed by atoms with Crippen LogP contribution in [0.4, 0.5) is 0 Å². The van der Waals surface area contributed by atoms with Crippen LogP contribution in [0.2, 0.25) is 0 Å². The highest BCUT2D eigenvalue weighted by atomic mass is 14.5. The van der Waals surface area contributed by atoms with Crippen LogP contribution < -0.4 is 11.5 Å². The Morgan fingerprint density at radius 3 is 1.50 bits per heavy atom. The molecule has 0 aliphatic carbocycles. The third-order valence-electron chi connectivity index (χ3n) is 0.329. The first-order chi connectivity index (χ1) is 2.91. The molecule has 0 saturated heterocycles. The summed E-state index contributed by atoms with van der Waals surface area (Å²) in [5.41, 5.74) is 9.97. The third kappa shape index (κ3) is 3.48. The molecule has 0 amide bonds. The topological polar surface area (TPSA) is 52.0 Å². The smallest absolute Gasteiger partial charge is 0.0551 e. The maximum absolute atomic E-state index is 4.99. The van der Waals surface area contributed by atoms with Crippen LogP contribution in [0.25, 0.3) is 0 Å². The van der Waals surface area contributed by atoms with Gasteiger partial charge in [-0.2, -0.15) is 0 Å². The van der Waals surface area contributed by atoms with Gasteiger partial charge in [-0.05, 0) is 0 Å². The highest BCUT2D eigenvalue weighted by Gasteiger charge is 1.55. The molecule has 0 aromatic heterocycles. The van der Waals surface area contributed by atoms with Crippen molar-refractivity contribution in [2.45, 2.75) is 0 Å². The van der Waals surface area contributed by atoms with Crippen molar-refractivity contribution in [2.24, 2.45) is 11.5 Å². The van der Waals surface area contributed by atoms with Gasteiger partial charge in [0.05, 0.1) is 13.1 Å². The van der Waals surface area contributed by atoms with Crippen LogP contribution in [0, 0.1) is 11.8 Å². The molecule has 2 nitrogen and oxygen atoms in total. The molecule has 0 aliphatic rings. The van der Waals surface area contributed by atoms with E-state index in [0.717, 1.165) is 0 Å². The van der Waals surface area contributed by atoms with Crippen molar-refractivity contribution >= 4 is 0 Å². The lowest BCUT2D eigenvalue weighted by molar-refractivity contribution is 1.26. The van der Waals surface area contributed by atoms with Gasteiger partial charge in [0.1, 0.15) is 0 Å². The molecule has 0 bridgehead atoms. The van der Waals surface area contributed by atoms with E-state index >= 15 is 0 Å². The Balaban J connectivity index is 2.90. The van der Waals surface area contributed by atoms with Crippen LogP contribution in [0.1, 0.15) is 0 Å². The normalized spacial score (nSPS) is 6.33. The Labute approximate surface area is 37.5 Å². The number of hydrogen-bond donors (Lipinski definition) is 2. The molecular weight excluding hydrogens is 76.1 g/mol. The standard InChI is InChI=1S/C4H8N2/c5-3-1-2-4-6/h3-6H2. The molecule has 0 saturated carbocycles. The molecule has 0 fully saturated rings. The molecule has 2 heteroatoms. The van der Waals surface area contributed by atoms with Gasteiger partial charge < -0.3 is 11.5 Å². The van der Waals surface area contributed by atoms with E-state index in [0.29, 0.717) is 13.1 Å². The average molecular weight is 84.1 g/mol. The van der Waals surface area contributed by atoms with E-state index in [-0.39, 0.29) is 0 Å². The lowest BCUT2D eigenvalue weighted by Gasteiger charge is -1.67. The molecule has 0 aromatic rings. The van der Waals surface area contributed by atoms with E-state index in [1.165, 1.54) is 0 Å². The van der Waals surface area contributed by atoms with Crippen molar-refractivity contribution < 1.29 is 0 Å². The second-order valence-corrected chi connectivity index (χ2v) is 0.762. The van der Waals surface area contributed by atoms with Gasteiger partial charge in [-0.15, -0.1) is 0 Å². The fourth-order valence-corrected chi connectivity index (χ4v) is 0.144. The minimum atomic E-state index is 0.414. The summed E-state index contributed by atoms with van der Waals surface area (Å²) in [6.07, 6.45) is 0. The summed E-state index contributed by atoms with van der Waals surface area (Å²) in [5.74, 6) is 5.20. The predicted octanol–water partition coefficient (Wildman–Crippen LogP) is -1.09. The van der Waals surface area contributed by atoms with Crippen molar-refractivity contribution in [3.8, 4) is 11.8 Å². The van der Waals surface area contributed by atoms with Crippen LogP contribution in [0.3, 0.4) is 0 Å². The van der Waals surface area contributed by atoms with Gasteiger partial charge in [0.15, 0.2) is 0 Å². The van der Waals surface area contributed by atoms with Gasteiger partial charge in [-0.1, -0.05) is 11.8 Å². The van der Waals surface area contributed by atoms with Crippen molar-refractivity contribution in [1.29, 1.82) is 0 Å². The van der Waals surface area contributed by atoms with Crippen LogP contribution >= 0.6 is 0 Å². The number of nitrogens with two attached hydrogens (primary N) is 2. The molecular formula is C4H8N2. The van der Waals surface area contributed by atoms with Gasteiger partial charge in [0, 0.05) is 0 Å². The zero-order valence-corrected chi connectivity index (χ0v) is 3.57. The Bertz CT molecular complexity index is 59.4. The van der Waals surface area contributed by atoms with Gasteiger partial charge in [-0.3, -0.25) is 0 Å². The van der Waals surface area contributed by atoms with E-state index in [1.807, 2.05) is 0 Å². The van der Waals surface area contributed by atoms with Gasteiger partial charge in [0.25, 0.3) is 0 Å². The third-order valence-corrected chi connectivity index (χ3v) is 0.329. The van der Waals surface area contributed by atoms with Crippen molar-refractivity contribution in [2.75, 3.05) is 13.1 Å². The molecule has 0 atom stereocenters. The number of rotatable bonds is 0. The maximum atomic E-state index is 4.99. The Kier molecular flexibility index (Phi) is 4.09. The lowest BCUT2D eigenvalue weighted by atomic mass is 10.6. The summed E-state index contributed by atoms with van der Waals surface area (Å²) in [7, 11) is 0. The summed E-state index contributed by atoms with van der Waals surface area (Å²) in [6, 6.07) is 0. The Morgan fingerprint density at radius 1 is 1.00 bits per heavy atom. The zero-order chi connectivity index (χ0) is 4.83. The molecule has 0 rings (SSSR count). The molecule has 0 spiro atoms.